The van der Waals surface area contributed by atoms with Gasteiger partial charge >= 0.3 is 0 Å². The van der Waals surface area contributed by atoms with Crippen molar-refractivity contribution >= 4 is 11.5 Å². The molecule has 4 heteroatoms. The smallest absolute Gasteiger partial charge is 0.0875 e. The highest BCUT2D eigenvalue weighted by atomic mass is 32.1. The van der Waals surface area contributed by atoms with Crippen LogP contribution in [-0.4, -0.2) is 16.1 Å². The van der Waals surface area contributed by atoms with E-state index in [1.165, 1.54) is 27.5 Å². The van der Waals surface area contributed by atoms with Gasteiger partial charge in [-0.15, -0.1) is 5.10 Å². The molecule has 0 N–H and O–H groups in total. The largest absolute Gasteiger partial charge is 0.228 e. The maximum Gasteiger partial charge on any atom is 0.0875 e. The SMILES string of the molecule is Cc1nnsc1C1[N]CCc2ccccc21. The van der Waals surface area contributed by atoms with Crippen LogP contribution in [0.3, 0.4) is 0 Å². The van der Waals surface area contributed by atoms with Gasteiger partial charge < -0.3 is 0 Å². The Hall–Kier alpha value is -1.26. The minimum absolute atomic E-state index is 0.157. The second kappa shape index (κ2) is 3.96. The molecule has 1 aromatic heterocycles. The summed E-state index contributed by atoms with van der Waals surface area (Å²) in [4.78, 5) is 1.19. The molecule has 2 aromatic rings. The molecule has 1 aromatic carbocycles. The summed E-state index contributed by atoms with van der Waals surface area (Å²) in [6.45, 7) is 2.91. The number of nitrogens with zero attached hydrogens (tertiary/aromatic N) is 3. The standard InChI is InChI=1S/C12H12N3S/c1-8-12(16-15-14-8)11-10-5-3-2-4-9(10)6-7-13-11/h2-5,11H,6-7H2,1H3. The second-order valence-electron chi connectivity index (χ2n) is 3.98. The average molecular weight is 230 g/mol. The van der Waals surface area contributed by atoms with Crippen LogP contribution in [0, 0.1) is 6.92 Å². The van der Waals surface area contributed by atoms with Crippen molar-refractivity contribution in [2.45, 2.75) is 19.4 Å². The molecule has 0 amide bonds. The molecule has 0 bridgehead atoms. The molecule has 0 saturated carbocycles. The number of aryl methyl sites for hydroxylation is 1. The Morgan fingerprint density at radius 3 is 3.00 bits per heavy atom. The van der Waals surface area contributed by atoms with Crippen LogP contribution in [0.2, 0.25) is 0 Å². The molecule has 3 nitrogen and oxygen atoms in total. The number of benzene rings is 1. The van der Waals surface area contributed by atoms with Crippen molar-refractivity contribution in [3.8, 4) is 0 Å². The first-order valence-electron chi connectivity index (χ1n) is 5.39. The Morgan fingerprint density at radius 1 is 1.31 bits per heavy atom. The summed E-state index contributed by atoms with van der Waals surface area (Å²) in [5.74, 6) is 0. The van der Waals surface area contributed by atoms with Crippen molar-refractivity contribution in [3.05, 3.63) is 46.0 Å². The van der Waals surface area contributed by atoms with Gasteiger partial charge in [0.05, 0.1) is 16.6 Å². The quantitative estimate of drug-likeness (QED) is 0.752. The maximum absolute atomic E-state index is 4.70. The highest BCUT2D eigenvalue weighted by Crippen LogP contribution is 2.32. The maximum atomic E-state index is 4.70. The fourth-order valence-corrected chi connectivity index (χ4v) is 2.88. The summed E-state index contributed by atoms with van der Waals surface area (Å²) >= 11 is 1.46. The molecule has 3 rings (SSSR count). The minimum atomic E-state index is 0.157. The molecule has 0 spiro atoms. The molecule has 0 fully saturated rings. The monoisotopic (exact) mass is 230 g/mol. The van der Waals surface area contributed by atoms with Crippen LogP contribution >= 0.6 is 11.5 Å². The zero-order valence-electron chi connectivity index (χ0n) is 9.05. The van der Waals surface area contributed by atoms with Crippen LogP contribution in [0.1, 0.15) is 27.7 Å². The van der Waals surface area contributed by atoms with E-state index in [0.717, 1.165) is 18.7 Å². The fraction of sp³-hybridized carbons (Fsp3) is 0.333. The number of hydrogen-bond donors (Lipinski definition) is 0. The normalized spacial score (nSPS) is 19.4. The van der Waals surface area contributed by atoms with Crippen LogP contribution in [0.15, 0.2) is 24.3 Å². The van der Waals surface area contributed by atoms with Crippen molar-refractivity contribution in [2.24, 2.45) is 0 Å². The van der Waals surface area contributed by atoms with E-state index < -0.39 is 0 Å². The van der Waals surface area contributed by atoms with E-state index in [9.17, 15) is 0 Å². The topological polar surface area (TPSA) is 39.9 Å². The predicted molar refractivity (Wildman–Crippen MR) is 63.6 cm³/mol. The average Bonchev–Trinajstić information content (AvgIpc) is 2.75. The van der Waals surface area contributed by atoms with Crippen LogP contribution in [0.5, 0.6) is 0 Å². The molecule has 0 saturated heterocycles. The first kappa shape index (κ1) is 9.93. The highest BCUT2D eigenvalue weighted by molar-refractivity contribution is 7.05. The third kappa shape index (κ3) is 1.54. The van der Waals surface area contributed by atoms with E-state index in [2.05, 4.69) is 33.9 Å². The summed E-state index contributed by atoms with van der Waals surface area (Å²) in [7, 11) is 0. The molecule has 0 aliphatic carbocycles. The van der Waals surface area contributed by atoms with Crippen molar-refractivity contribution in [3.63, 3.8) is 0 Å². The van der Waals surface area contributed by atoms with Gasteiger partial charge in [-0.3, -0.25) is 0 Å². The lowest BCUT2D eigenvalue weighted by atomic mass is 9.93. The van der Waals surface area contributed by atoms with Gasteiger partial charge in [-0.25, -0.2) is 5.32 Å². The summed E-state index contributed by atoms with van der Waals surface area (Å²) in [6.07, 6.45) is 1.05. The van der Waals surface area contributed by atoms with Gasteiger partial charge in [-0.2, -0.15) is 0 Å². The Kier molecular flexibility index (Phi) is 2.46. The van der Waals surface area contributed by atoms with Gasteiger partial charge in [-0.1, -0.05) is 28.8 Å². The minimum Gasteiger partial charge on any atom is -0.228 e. The molecule has 1 atom stereocenters. The van der Waals surface area contributed by atoms with Gasteiger partial charge in [0.25, 0.3) is 0 Å². The van der Waals surface area contributed by atoms with E-state index in [1.54, 1.807) is 0 Å². The number of hydrogen-bond acceptors (Lipinski definition) is 3. The zero-order chi connectivity index (χ0) is 11.0. The van der Waals surface area contributed by atoms with Crippen LogP contribution in [-0.2, 0) is 6.42 Å². The summed E-state index contributed by atoms with van der Waals surface area (Å²) in [5, 5.41) is 8.78. The van der Waals surface area contributed by atoms with Crippen molar-refractivity contribution in [2.75, 3.05) is 6.54 Å². The van der Waals surface area contributed by atoms with Gasteiger partial charge in [0.1, 0.15) is 0 Å². The van der Waals surface area contributed by atoms with E-state index in [0.29, 0.717) is 0 Å². The Balaban J connectivity index is 2.08. The Labute approximate surface area is 98.7 Å². The lowest BCUT2D eigenvalue weighted by Gasteiger charge is -2.24. The van der Waals surface area contributed by atoms with E-state index >= 15 is 0 Å². The summed E-state index contributed by atoms with van der Waals surface area (Å²) in [6, 6.07) is 8.70. The summed E-state index contributed by atoms with van der Waals surface area (Å²) in [5.41, 5.74) is 3.74. The number of rotatable bonds is 1. The van der Waals surface area contributed by atoms with Crippen molar-refractivity contribution < 1.29 is 0 Å². The molecule has 1 radical (unpaired) electrons. The molecule has 2 heterocycles. The van der Waals surface area contributed by atoms with Crippen molar-refractivity contribution in [1.29, 1.82) is 0 Å². The summed E-state index contributed by atoms with van der Waals surface area (Å²) < 4.78 is 4.00. The lowest BCUT2D eigenvalue weighted by molar-refractivity contribution is 0.559. The third-order valence-corrected chi connectivity index (χ3v) is 3.86. The van der Waals surface area contributed by atoms with Crippen LogP contribution in [0.25, 0.3) is 0 Å². The Bertz CT molecular complexity index is 506. The van der Waals surface area contributed by atoms with Gasteiger partial charge in [0.2, 0.25) is 0 Å². The van der Waals surface area contributed by atoms with E-state index in [1.807, 2.05) is 6.92 Å². The second-order valence-corrected chi connectivity index (χ2v) is 4.77. The zero-order valence-corrected chi connectivity index (χ0v) is 9.87. The van der Waals surface area contributed by atoms with Gasteiger partial charge in [-0.05, 0) is 36.0 Å². The fourth-order valence-electron chi connectivity index (χ4n) is 2.15. The van der Waals surface area contributed by atoms with Crippen LogP contribution in [0.4, 0.5) is 0 Å². The third-order valence-electron chi connectivity index (χ3n) is 2.98. The molecule has 16 heavy (non-hydrogen) atoms. The molecule has 1 unspecified atom stereocenters. The van der Waals surface area contributed by atoms with Gasteiger partial charge in [0.15, 0.2) is 0 Å². The molecule has 1 aliphatic heterocycles. The van der Waals surface area contributed by atoms with Crippen molar-refractivity contribution in [1.82, 2.24) is 14.9 Å². The highest BCUT2D eigenvalue weighted by Gasteiger charge is 2.25. The van der Waals surface area contributed by atoms with Gasteiger partial charge in [0, 0.05) is 6.54 Å². The predicted octanol–water partition coefficient (Wildman–Crippen LogP) is 2.10. The molecular weight excluding hydrogens is 218 g/mol. The molecule has 1 aliphatic rings. The number of aromatic nitrogens is 2. The van der Waals surface area contributed by atoms with E-state index in [4.69, 9.17) is 5.32 Å². The van der Waals surface area contributed by atoms with E-state index in [-0.39, 0.29) is 6.04 Å². The number of fused-ring (bicyclic) bond motifs is 1. The Morgan fingerprint density at radius 2 is 2.19 bits per heavy atom. The lowest BCUT2D eigenvalue weighted by Crippen LogP contribution is -2.24. The molecule has 81 valence electrons. The first-order valence-corrected chi connectivity index (χ1v) is 6.17. The first-order chi connectivity index (χ1) is 7.86. The molecular formula is C12H12N3S. The van der Waals surface area contributed by atoms with Crippen LogP contribution < -0.4 is 5.32 Å².